The highest BCUT2D eigenvalue weighted by atomic mass is 35.5. The van der Waals surface area contributed by atoms with Gasteiger partial charge in [0.25, 0.3) is 5.56 Å². The summed E-state index contributed by atoms with van der Waals surface area (Å²) in [5.74, 6) is -0.473. The van der Waals surface area contributed by atoms with Crippen molar-refractivity contribution in [2.24, 2.45) is 7.05 Å². The number of aromatic nitrogens is 1. The van der Waals surface area contributed by atoms with Gasteiger partial charge in [0.05, 0.1) is 11.3 Å². The molecule has 0 aliphatic carbocycles. The Labute approximate surface area is 152 Å². The van der Waals surface area contributed by atoms with E-state index in [-0.39, 0.29) is 23.0 Å². The average Bonchev–Trinajstić information content (AvgIpc) is 2.59. The monoisotopic (exact) mass is 376 g/mol. The number of carbonyl (C=O) groups is 1. The van der Waals surface area contributed by atoms with Crippen molar-refractivity contribution in [3.63, 3.8) is 0 Å². The topological polar surface area (TPSA) is 51.1 Å². The lowest BCUT2D eigenvalue weighted by molar-refractivity contribution is -0.113. The van der Waals surface area contributed by atoms with Crippen molar-refractivity contribution in [2.75, 3.05) is 11.1 Å². The fourth-order valence-corrected chi connectivity index (χ4v) is 3.43. The van der Waals surface area contributed by atoms with Gasteiger partial charge >= 0.3 is 0 Å². The molecule has 1 aromatic heterocycles. The Morgan fingerprint density at radius 2 is 1.92 bits per heavy atom. The summed E-state index contributed by atoms with van der Waals surface area (Å²) in [5, 5.41) is 4.08. The molecule has 2 aromatic carbocycles. The summed E-state index contributed by atoms with van der Waals surface area (Å²) >= 11 is 7.28. The zero-order valence-electron chi connectivity index (χ0n) is 13.3. The zero-order valence-corrected chi connectivity index (χ0v) is 14.8. The first-order valence-corrected chi connectivity index (χ1v) is 8.78. The van der Waals surface area contributed by atoms with Crippen molar-refractivity contribution in [2.45, 2.75) is 4.90 Å². The van der Waals surface area contributed by atoms with Gasteiger partial charge in [-0.2, -0.15) is 0 Å². The Hall–Kier alpha value is -2.31. The molecule has 0 saturated carbocycles. The first-order chi connectivity index (χ1) is 11.9. The van der Waals surface area contributed by atoms with Gasteiger partial charge in [0.1, 0.15) is 5.82 Å². The summed E-state index contributed by atoms with van der Waals surface area (Å²) < 4.78 is 14.4. The number of nitrogens with zero attached hydrogens (tertiary/aromatic N) is 1. The Bertz CT molecular complexity index is 1000. The number of benzene rings is 2. The number of hydrogen-bond donors (Lipinski definition) is 1. The van der Waals surface area contributed by atoms with E-state index in [0.717, 1.165) is 5.39 Å². The molecule has 0 spiro atoms. The standard InChI is InChI=1S/C18H14ClFN2O2S/c1-22-15-8-11(19)2-7-14(15)16(9-18(22)24)25-10-17(23)21-13-5-3-12(20)4-6-13/h2-9H,10H2,1H3,(H,21,23). The molecular formula is C18H14ClFN2O2S. The minimum absolute atomic E-state index is 0.127. The van der Waals surface area contributed by atoms with E-state index in [1.54, 1.807) is 19.2 Å². The summed E-state index contributed by atoms with van der Waals surface area (Å²) in [4.78, 5) is 24.9. The van der Waals surface area contributed by atoms with Gasteiger partial charge < -0.3 is 9.88 Å². The molecule has 0 unspecified atom stereocenters. The van der Waals surface area contributed by atoms with Crippen LogP contribution in [0.4, 0.5) is 10.1 Å². The number of halogens is 2. The molecule has 3 aromatic rings. The van der Waals surface area contributed by atoms with Gasteiger partial charge in [-0.15, -0.1) is 11.8 Å². The largest absolute Gasteiger partial charge is 0.325 e. The smallest absolute Gasteiger partial charge is 0.251 e. The third-order valence-corrected chi connectivity index (χ3v) is 4.95. The Kier molecular flexibility index (Phi) is 5.11. The van der Waals surface area contributed by atoms with Crippen LogP contribution >= 0.6 is 23.4 Å². The second kappa shape index (κ2) is 7.29. The fourth-order valence-electron chi connectivity index (χ4n) is 2.39. The molecular weight excluding hydrogens is 363 g/mol. The average molecular weight is 377 g/mol. The minimum Gasteiger partial charge on any atom is -0.325 e. The maximum absolute atomic E-state index is 12.9. The van der Waals surface area contributed by atoms with Crippen LogP contribution in [0.5, 0.6) is 0 Å². The molecule has 4 nitrogen and oxygen atoms in total. The van der Waals surface area contributed by atoms with Crippen LogP contribution in [-0.4, -0.2) is 16.2 Å². The Morgan fingerprint density at radius 3 is 2.64 bits per heavy atom. The van der Waals surface area contributed by atoms with E-state index in [4.69, 9.17) is 11.6 Å². The predicted molar refractivity (Wildman–Crippen MR) is 100.0 cm³/mol. The molecule has 0 aliphatic rings. The molecule has 0 saturated heterocycles. The number of rotatable bonds is 4. The van der Waals surface area contributed by atoms with E-state index in [1.165, 1.54) is 46.7 Å². The minimum atomic E-state index is -0.363. The van der Waals surface area contributed by atoms with E-state index in [0.29, 0.717) is 21.1 Å². The van der Waals surface area contributed by atoms with Crippen LogP contribution in [0.3, 0.4) is 0 Å². The Balaban J connectivity index is 1.79. The van der Waals surface area contributed by atoms with Crippen LogP contribution in [0.2, 0.25) is 5.02 Å². The molecule has 25 heavy (non-hydrogen) atoms. The van der Waals surface area contributed by atoms with Crippen LogP contribution in [0.25, 0.3) is 10.9 Å². The highest BCUT2D eigenvalue weighted by molar-refractivity contribution is 8.00. The fraction of sp³-hybridized carbons (Fsp3) is 0.111. The van der Waals surface area contributed by atoms with Crippen LogP contribution in [0.1, 0.15) is 0 Å². The second-order valence-corrected chi connectivity index (χ2v) is 6.86. The van der Waals surface area contributed by atoms with Gasteiger partial charge in [-0.3, -0.25) is 9.59 Å². The first-order valence-electron chi connectivity index (χ1n) is 7.41. The van der Waals surface area contributed by atoms with E-state index >= 15 is 0 Å². The van der Waals surface area contributed by atoms with E-state index in [2.05, 4.69) is 5.32 Å². The number of carbonyl (C=O) groups excluding carboxylic acids is 1. The summed E-state index contributed by atoms with van der Waals surface area (Å²) in [6.45, 7) is 0. The van der Waals surface area contributed by atoms with E-state index < -0.39 is 0 Å². The SMILES string of the molecule is Cn1c(=O)cc(SCC(=O)Nc2ccc(F)cc2)c2ccc(Cl)cc21. The number of aryl methyl sites for hydroxylation is 1. The lowest BCUT2D eigenvalue weighted by Crippen LogP contribution is -2.17. The zero-order chi connectivity index (χ0) is 18.0. The predicted octanol–water partition coefficient (Wildman–Crippen LogP) is 4.06. The molecule has 0 bridgehead atoms. The Morgan fingerprint density at radius 1 is 1.20 bits per heavy atom. The number of thioether (sulfide) groups is 1. The molecule has 0 atom stereocenters. The number of amides is 1. The molecule has 1 heterocycles. The highest BCUT2D eigenvalue weighted by Gasteiger charge is 2.10. The van der Waals surface area contributed by atoms with E-state index in [9.17, 15) is 14.0 Å². The third kappa shape index (κ3) is 4.03. The van der Waals surface area contributed by atoms with Crippen molar-refractivity contribution in [3.8, 4) is 0 Å². The molecule has 1 amide bonds. The summed E-state index contributed by atoms with van der Waals surface area (Å²) in [6.07, 6.45) is 0. The molecule has 0 fully saturated rings. The molecule has 0 aliphatic heterocycles. The molecule has 7 heteroatoms. The number of pyridine rings is 1. The van der Waals surface area contributed by atoms with Gasteiger partial charge in [-0.1, -0.05) is 17.7 Å². The van der Waals surface area contributed by atoms with Crippen molar-refractivity contribution < 1.29 is 9.18 Å². The van der Waals surface area contributed by atoms with Crippen LogP contribution in [0, 0.1) is 5.82 Å². The maximum atomic E-state index is 12.9. The van der Waals surface area contributed by atoms with Crippen molar-refractivity contribution in [1.29, 1.82) is 0 Å². The van der Waals surface area contributed by atoms with E-state index in [1.807, 2.05) is 6.07 Å². The van der Waals surface area contributed by atoms with Crippen molar-refractivity contribution in [1.82, 2.24) is 4.57 Å². The number of fused-ring (bicyclic) bond motifs is 1. The van der Waals surface area contributed by atoms with Crippen LogP contribution in [0.15, 0.2) is 58.2 Å². The number of hydrogen-bond acceptors (Lipinski definition) is 3. The molecule has 1 N–H and O–H groups in total. The first kappa shape index (κ1) is 17.5. The van der Waals surface area contributed by atoms with Gasteiger partial charge in [-0.25, -0.2) is 4.39 Å². The van der Waals surface area contributed by atoms with Gasteiger partial charge in [0.15, 0.2) is 0 Å². The van der Waals surface area contributed by atoms with Crippen LogP contribution < -0.4 is 10.9 Å². The second-order valence-electron chi connectivity index (χ2n) is 5.41. The van der Waals surface area contributed by atoms with Gasteiger partial charge in [0.2, 0.25) is 5.91 Å². The number of nitrogens with one attached hydrogen (secondary N) is 1. The van der Waals surface area contributed by atoms with Gasteiger partial charge in [-0.05, 0) is 36.4 Å². The van der Waals surface area contributed by atoms with Crippen molar-refractivity contribution in [3.05, 3.63) is 69.7 Å². The molecule has 3 rings (SSSR count). The van der Waals surface area contributed by atoms with Gasteiger partial charge in [0, 0.05) is 34.1 Å². The number of anilines is 1. The molecule has 128 valence electrons. The molecule has 0 radical (unpaired) electrons. The quantitative estimate of drug-likeness (QED) is 0.698. The lowest BCUT2D eigenvalue weighted by Gasteiger charge is -2.10. The normalized spacial score (nSPS) is 10.8. The van der Waals surface area contributed by atoms with Crippen LogP contribution in [-0.2, 0) is 11.8 Å². The highest BCUT2D eigenvalue weighted by Crippen LogP contribution is 2.28. The third-order valence-electron chi connectivity index (χ3n) is 3.66. The lowest BCUT2D eigenvalue weighted by atomic mass is 10.2. The summed E-state index contributed by atoms with van der Waals surface area (Å²) in [5.41, 5.74) is 1.06. The van der Waals surface area contributed by atoms with Crippen molar-refractivity contribution >= 4 is 45.9 Å². The summed E-state index contributed by atoms with van der Waals surface area (Å²) in [7, 11) is 1.68. The maximum Gasteiger partial charge on any atom is 0.251 e. The summed E-state index contributed by atoms with van der Waals surface area (Å²) in [6, 6.07) is 12.4.